The van der Waals surface area contributed by atoms with Gasteiger partial charge in [-0.1, -0.05) is 23.7 Å². The zero-order valence-electron chi connectivity index (χ0n) is 9.62. The zero-order chi connectivity index (χ0) is 13.3. The van der Waals surface area contributed by atoms with Crippen LogP contribution in [0.4, 0.5) is 8.78 Å². The summed E-state index contributed by atoms with van der Waals surface area (Å²) in [5.41, 5.74) is 1.14. The molecule has 0 saturated heterocycles. The molecule has 0 saturated carbocycles. The maximum atomic E-state index is 13.4. The quantitative estimate of drug-likeness (QED) is 0.873. The fraction of sp³-hybridized carbons (Fsp3) is 0.143. The van der Waals surface area contributed by atoms with E-state index in [-0.39, 0.29) is 5.02 Å². The summed E-state index contributed by atoms with van der Waals surface area (Å²) in [5.74, 6) is -0.946. The Hall–Kier alpha value is -1.45. The highest BCUT2D eigenvalue weighted by molar-refractivity contribution is 6.30. The fourth-order valence-corrected chi connectivity index (χ4v) is 1.93. The first-order chi connectivity index (χ1) is 8.47. The Morgan fingerprint density at radius 2 is 1.78 bits per heavy atom. The van der Waals surface area contributed by atoms with Gasteiger partial charge >= 0.3 is 0 Å². The number of aliphatic hydroxyl groups is 1. The fourth-order valence-electron chi connectivity index (χ4n) is 1.70. The van der Waals surface area contributed by atoms with Crippen LogP contribution < -0.4 is 0 Å². The molecule has 1 nitrogen and oxygen atoms in total. The van der Waals surface area contributed by atoms with Crippen LogP contribution in [-0.4, -0.2) is 5.11 Å². The minimum Gasteiger partial charge on any atom is -0.384 e. The van der Waals surface area contributed by atoms with Crippen LogP contribution in [0, 0.1) is 18.6 Å². The SMILES string of the molecule is Cc1ccc(C(O)c2cc(F)cc(Cl)c2)cc1F. The molecule has 0 amide bonds. The van der Waals surface area contributed by atoms with Crippen LogP contribution in [0.3, 0.4) is 0 Å². The number of hydrogen-bond acceptors (Lipinski definition) is 1. The van der Waals surface area contributed by atoms with E-state index in [1.807, 2.05) is 0 Å². The van der Waals surface area contributed by atoms with Gasteiger partial charge in [-0.15, -0.1) is 0 Å². The molecular weight excluding hydrogens is 258 g/mol. The van der Waals surface area contributed by atoms with Crippen molar-refractivity contribution in [2.75, 3.05) is 0 Å². The summed E-state index contributed by atoms with van der Waals surface area (Å²) in [5, 5.41) is 10.3. The van der Waals surface area contributed by atoms with Gasteiger partial charge in [-0.2, -0.15) is 0 Å². The summed E-state index contributed by atoms with van der Waals surface area (Å²) in [6.07, 6.45) is -1.10. The third kappa shape index (κ3) is 2.68. The lowest BCUT2D eigenvalue weighted by Crippen LogP contribution is -2.01. The molecular formula is C14H11ClF2O. The van der Waals surface area contributed by atoms with E-state index in [0.717, 1.165) is 6.07 Å². The van der Waals surface area contributed by atoms with E-state index in [0.29, 0.717) is 16.7 Å². The predicted molar refractivity (Wildman–Crippen MR) is 66.6 cm³/mol. The van der Waals surface area contributed by atoms with Gasteiger partial charge in [0.15, 0.2) is 0 Å². The van der Waals surface area contributed by atoms with Crippen LogP contribution in [-0.2, 0) is 0 Å². The first-order valence-electron chi connectivity index (χ1n) is 5.37. The van der Waals surface area contributed by atoms with Gasteiger partial charge in [0.1, 0.15) is 17.7 Å². The van der Waals surface area contributed by atoms with Gasteiger partial charge in [-0.05, 0) is 47.9 Å². The smallest absolute Gasteiger partial charge is 0.126 e. The van der Waals surface area contributed by atoms with Gasteiger partial charge in [0.05, 0.1) is 0 Å². The van der Waals surface area contributed by atoms with Crippen molar-refractivity contribution in [3.05, 3.63) is 69.7 Å². The minimum atomic E-state index is -1.10. The van der Waals surface area contributed by atoms with E-state index in [2.05, 4.69) is 0 Å². The predicted octanol–water partition coefficient (Wildman–Crippen LogP) is 4.01. The highest BCUT2D eigenvalue weighted by Crippen LogP contribution is 2.26. The highest BCUT2D eigenvalue weighted by atomic mass is 35.5. The minimum absolute atomic E-state index is 0.191. The Kier molecular flexibility index (Phi) is 3.64. The molecule has 0 aliphatic heterocycles. The summed E-state index contributed by atoms with van der Waals surface area (Å²) in [6.45, 7) is 1.63. The van der Waals surface area contributed by atoms with E-state index in [1.165, 1.54) is 18.2 Å². The first-order valence-corrected chi connectivity index (χ1v) is 5.75. The Balaban J connectivity index is 2.40. The number of aliphatic hydroxyl groups excluding tert-OH is 1. The van der Waals surface area contributed by atoms with Crippen molar-refractivity contribution >= 4 is 11.6 Å². The molecule has 18 heavy (non-hydrogen) atoms. The molecule has 0 fully saturated rings. The van der Waals surface area contributed by atoms with Crippen LogP contribution >= 0.6 is 11.6 Å². The van der Waals surface area contributed by atoms with Gasteiger partial charge < -0.3 is 5.11 Å². The van der Waals surface area contributed by atoms with Crippen LogP contribution in [0.2, 0.25) is 5.02 Å². The largest absolute Gasteiger partial charge is 0.384 e. The van der Waals surface area contributed by atoms with Crippen molar-refractivity contribution in [2.45, 2.75) is 13.0 Å². The lowest BCUT2D eigenvalue weighted by molar-refractivity contribution is 0.219. The molecule has 1 N–H and O–H groups in total. The average Bonchev–Trinajstić information content (AvgIpc) is 2.30. The summed E-state index contributed by atoms with van der Waals surface area (Å²) in [6, 6.07) is 8.17. The zero-order valence-corrected chi connectivity index (χ0v) is 10.4. The van der Waals surface area contributed by atoms with Crippen LogP contribution in [0.25, 0.3) is 0 Å². The van der Waals surface area contributed by atoms with E-state index in [4.69, 9.17) is 11.6 Å². The lowest BCUT2D eigenvalue weighted by atomic mass is 10.0. The van der Waals surface area contributed by atoms with Gasteiger partial charge in [0.25, 0.3) is 0 Å². The van der Waals surface area contributed by atoms with E-state index >= 15 is 0 Å². The summed E-state index contributed by atoms with van der Waals surface area (Å²) >= 11 is 5.71. The molecule has 4 heteroatoms. The molecule has 0 heterocycles. The molecule has 2 rings (SSSR count). The molecule has 0 radical (unpaired) electrons. The highest BCUT2D eigenvalue weighted by Gasteiger charge is 2.13. The standard InChI is InChI=1S/C14H11ClF2O/c1-8-2-3-9(6-13(8)17)14(18)10-4-11(15)7-12(16)5-10/h2-7,14,18H,1H3. The monoisotopic (exact) mass is 268 g/mol. The van der Waals surface area contributed by atoms with E-state index in [9.17, 15) is 13.9 Å². The number of halogens is 3. The molecule has 1 atom stereocenters. The van der Waals surface area contributed by atoms with Gasteiger partial charge in [-0.25, -0.2) is 8.78 Å². The molecule has 2 aromatic carbocycles. The second-order valence-corrected chi connectivity index (χ2v) is 4.55. The Labute approximate surface area is 109 Å². The number of aryl methyl sites for hydroxylation is 1. The molecule has 0 aliphatic carbocycles. The Morgan fingerprint density at radius 3 is 2.39 bits per heavy atom. The van der Waals surface area contributed by atoms with Crippen molar-refractivity contribution < 1.29 is 13.9 Å². The summed E-state index contributed by atoms with van der Waals surface area (Å²) in [7, 11) is 0. The number of rotatable bonds is 2. The topological polar surface area (TPSA) is 20.2 Å². The third-order valence-electron chi connectivity index (χ3n) is 2.71. The molecule has 0 bridgehead atoms. The van der Waals surface area contributed by atoms with Crippen LogP contribution in [0.1, 0.15) is 22.8 Å². The lowest BCUT2D eigenvalue weighted by Gasteiger charge is -2.12. The number of benzene rings is 2. The second kappa shape index (κ2) is 5.04. The maximum Gasteiger partial charge on any atom is 0.126 e. The second-order valence-electron chi connectivity index (χ2n) is 4.11. The summed E-state index contributed by atoms with van der Waals surface area (Å²) in [4.78, 5) is 0. The molecule has 1 unspecified atom stereocenters. The van der Waals surface area contributed by atoms with Crippen molar-refractivity contribution in [1.82, 2.24) is 0 Å². The summed E-state index contributed by atoms with van der Waals surface area (Å²) < 4.78 is 26.6. The molecule has 2 aromatic rings. The maximum absolute atomic E-state index is 13.4. The molecule has 0 aliphatic rings. The van der Waals surface area contributed by atoms with Gasteiger partial charge in [-0.3, -0.25) is 0 Å². The van der Waals surface area contributed by atoms with E-state index in [1.54, 1.807) is 19.1 Å². The van der Waals surface area contributed by atoms with Crippen LogP contribution in [0.5, 0.6) is 0 Å². The average molecular weight is 269 g/mol. The number of hydrogen-bond donors (Lipinski definition) is 1. The van der Waals surface area contributed by atoms with Crippen molar-refractivity contribution in [2.24, 2.45) is 0 Å². The Morgan fingerprint density at radius 1 is 1.06 bits per heavy atom. The first kappa shape index (κ1) is 13.0. The van der Waals surface area contributed by atoms with Crippen molar-refractivity contribution in [3.63, 3.8) is 0 Å². The third-order valence-corrected chi connectivity index (χ3v) is 2.93. The van der Waals surface area contributed by atoms with E-state index < -0.39 is 17.7 Å². The van der Waals surface area contributed by atoms with Crippen molar-refractivity contribution in [1.29, 1.82) is 0 Å². The Bertz CT molecular complexity index is 564. The van der Waals surface area contributed by atoms with Crippen LogP contribution in [0.15, 0.2) is 36.4 Å². The van der Waals surface area contributed by atoms with Crippen molar-refractivity contribution in [3.8, 4) is 0 Å². The van der Waals surface area contributed by atoms with Gasteiger partial charge in [0.2, 0.25) is 0 Å². The molecule has 94 valence electrons. The van der Waals surface area contributed by atoms with Gasteiger partial charge in [0, 0.05) is 5.02 Å². The molecule has 0 spiro atoms. The normalized spacial score (nSPS) is 12.5. The molecule has 0 aromatic heterocycles.